The second-order valence-corrected chi connectivity index (χ2v) is 10.4. The molecule has 1 fully saturated rings. The van der Waals surface area contributed by atoms with Crippen molar-refractivity contribution in [3.05, 3.63) is 40.5 Å². The summed E-state index contributed by atoms with van der Waals surface area (Å²) >= 11 is 4.26. The molecule has 3 N–H and O–H groups in total. The van der Waals surface area contributed by atoms with Gasteiger partial charge in [0, 0.05) is 17.2 Å². The zero-order valence-electron chi connectivity index (χ0n) is 17.0. The van der Waals surface area contributed by atoms with Crippen molar-refractivity contribution in [3.63, 3.8) is 0 Å². The van der Waals surface area contributed by atoms with Gasteiger partial charge in [-0.05, 0) is 36.8 Å². The summed E-state index contributed by atoms with van der Waals surface area (Å²) in [6, 6.07) is 5.43. The molecule has 0 saturated carbocycles. The second-order valence-electron chi connectivity index (χ2n) is 6.85. The molecule has 3 heterocycles. The molecule has 2 atom stereocenters. The van der Waals surface area contributed by atoms with E-state index in [9.17, 15) is 19.5 Å². The van der Waals surface area contributed by atoms with E-state index < -0.39 is 29.3 Å². The number of carboxylic acid groups (broad SMARTS) is 1. The monoisotopic (exact) mass is 493 g/mol. The van der Waals surface area contributed by atoms with Gasteiger partial charge in [-0.1, -0.05) is 23.1 Å². The molecule has 1 saturated heterocycles. The molecule has 13 heteroatoms. The van der Waals surface area contributed by atoms with Crippen LogP contribution in [0.5, 0.6) is 5.75 Å². The van der Waals surface area contributed by atoms with Crippen LogP contribution in [-0.4, -0.2) is 68.1 Å². The number of ether oxygens (including phenoxy) is 1. The Kier molecular flexibility index (Phi) is 6.58. The summed E-state index contributed by atoms with van der Waals surface area (Å²) < 4.78 is 5.83. The smallest absolute Gasteiger partial charge is 0.352 e. The van der Waals surface area contributed by atoms with Crippen LogP contribution in [0.4, 0.5) is 10.5 Å². The summed E-state index contributed by atoms with van der Waals surface area (Å²) in [5, 5.41) is 23.4. The average molecular weight is 494 g/mol. The fourth-order valence-corrected chi connectivity index (χ4v) is 6.56. The summed E-state index contributed by atoms with van der Waals surface area (Å²) in [5.74, 6) is -0.107. The van der Waals surface area contributed by atoms with E-state index in [1.165, 1.54) is 39.8 Å². The third-order valence-corrected chi connectivity index (χ3v) is 8.16. The summed E-state index contributed by atoms with van der Waals surface area (Å²) in [7, 11) is 1.55. The van der Waals surface area contributed by atoms with Crippen LogP contribution < -0.4 is 15.4 Å². The van der Waals surface area contributed by atoms with Gasteiger partial charge in [-0.25, -0.2) is 9.59 Å². The number of hydrogen-bond donors (Lipinski definition) is 3. The highest BCUT2D eigenvalue weighted by Crippen LogP contribution is 2.41. The molecule has 2 aromatic rings. The first-order valence-electron chi connectivity index (χ1n) is 9.42. The van der Waals surface area contributed by atoms with Crippen molar-refractivity contribution < 1.29 is 24.2 Å². The highest BCUT2D eigenvalue weighted by molar-refractivity contribution is 8.01. The van der Waals surface area contributed by atoms with Crippen molar-refractivity contribution in [3.8, 4) is 5.75 Å². The lowest BCUT2D eigenvalue weighted by Gasteiger charge is -2.49. The zero-order chi connectivity index (χ0) is 22.8. The van der Waals surface area contributed by atoms with Crippen molar-refractivity contribution >= 4 is 58.5 Å². The van der Waals surface area contributed by atoms with Crippen molar-refractivity contribution in [2.45, 2.75) is 22.7 Å². The summed E-state index contributed by atoms with van der Waals surface area (Å²) in [4.78, 5) is 38.3. The minimum Gasteiger partial charge on any atom is -0.497 e. The summed E-state index contributed by atoms with van der Waals surface area (Å²) in [6.45, 7) is 1.85. The Morgan fingerprint density at radius 3 is 2.69 bits per heavy atom. The third-order valence-electron chi connectivity index (χ3n) is 4.76. The average Bonchev–Trinajstić information content (AvgIpc) is 3.20. The number of thioether (sulfide) groups is 2. The van der Waals surface area contributed by atoms with Crippen molar-refractivity contribution in [2.75, 3.05) is 23.9 Å². The van der Waals surface area contributed by atoms with Gasteiger partial charge in [0.05, 0.1) is 7.11 Å². The molecule has 0 aliphatic carbocycles. The number of amides is 3. The van der Waals surface area contributed by atoms with E-state index in [0.29, 0.717) is 28.5 Å². The number of nitrogens with one attached hydrogen (secondary N) is 2. The molecule has 4 rings (SSSR count). The predicted octanol–water partition coefficient (Wildman–Crippen LogP) is 2.39. The summed E-state index contributed by atoms with van der Waals surface area (Å²) in [6.07, 6.45) is 0. The number of urea groups is 1. The van der Waals surface area contributed by atoms with Crippen LogP contribution in [0.3, 0.4) is 0 Å². The Labute approximate surface area is 195 Å². The van der Waals surface area contributed by atoms with Crippen LogP contribution in [0.2, 0.25) is 0 Å². The lowest BCUT2D eigenvalue weighted by atomic mass is 10.0. The molecule has 2 aliphatic rings. The van der Waals surface area contributed by atoms with Crippen LogP contribution in [0.1, 0.15) is 5.01 Å². The number of β-lactam (4-membered cyclic amide) rings is 1. The number of hydrogen-bond acceptors (Lipinski definition) is 9. The van der Waals surface area contributed by atoms with Crippen LogP contribution >= 0.6 is 34.9 Å². The second kappa shape index (κ2) is 9.38. The quantitative estimate of drug-likeness (QED) is 0.393. The van der Waals surface area contributed by atoms with Gasteiger partial charge in [0.15, 0.2) is 4.34 Å². The van der Waals surface area contributed by atoms with Gasteiger partial charge in [-0.15, -0.1) is 22.0 Å². The number of benzene rings is 1. The number of methoxy groups -OCH3 is 1. The molecular weight excluding hydrogens is 474 g/mol. The maximum Gasteiger partial charge on any atom is 0.352 e. The number of nitrogens with zero attached hydrogens (tertiary/aromatic N) is 3. The molecule has 32 heavy (non-hydrogen) atoms. The van der Waals surface area contributed by atoms with Crippen LogP contribution in [0, 0.1) is 6.92 Å². The molecule has 0 radical (unpaired) electrons. The number of aryl methyl sites for hydroxylation is 1. The lowest BCUT2D eigenvalue weighted by molar-refractivity contribution is -0.148. The number of carboxylic acids is 1. The van der Waals surface area contributed by atoms with E-state index in [-0.39, 0.29) is 5.70 Å². The fourth-order valence-electron chi connectivity index (χ4n) is 3.26. The van der Waals surface area contributed by atoms with E-state index >= 15 is 0 Å². The molecular formula is C19H19N5O5S3. The maximum atomic E-state index is 12.7. The Hall–Kier alpha value is -2.77. The fraction of sp³-hybridized carbons (Fsp3) is 0.316. The van der Waals surface area contributed by atoms with Gasteiger partial charge in [-0.3, -0.25) is 9.69 Å². The van der Waals surface area contributed by atoms with Crippen molar-refractivity contribution in [2.24, 2.45) is 0 Å². The Morgan fingerprint density at radius 1 is 1.31 bits per heavy atom. The number of carbonyl (C=O) groups is 3. The van der Waals surface area contributed by atoms with Gasteiger partial charge in [0.2, 0.25) is 0 Å². The van der Waals surface area contributed by atoms with E-state index in [0.717, 1.165) is 9.35 Å². The number of rotatable bonds is 7. The van der Waals surface area contributed by atoms with E-state index in [2.05, 4.69) is 20.8 Å². The van der Waals surface area contributed by atoms with Gasteiger partial charge in [-0.2, -0.15) is 0 Å². The molecule has 1 aromatic carbocycles. The number of anilines is 1. The molecule has 1 aromatic heterocycles. The minimum absolute atomic E-state index is 0.0129. The zero-order valence-corrected chi connectivity index (χ0v) is 19.5. The molecule has 168 valence electrons. The maximum absolute atomic E-state index is 12.7. The molecule has 2 aliphatic heterocycles. The third kappa shape index (κ3) is 4.54. The van der Waals surface area contributed by atoms with E-state index in [1.54, 1.807) is 31.4 Å². The number of carbonyl (C=O) groups excluding carboxylic acids is 2. The predicted molar refractivity (Wildman–Crippen MR) is 122 cm³/mol. The number of aliphatic carboxylic acids is 1. The van der Waals surface area contributed by atoms with Gasteiger partial charge < -0.3 is 20.5 Å². The Balaban J connectivity index is 1.40. The largest absolute Gasteiger partial charge is 0.497 e. The van der Waals surface area contributed by atoms with Crippen molar-refractivity contribution in [1.29, 1.82) is 0 Å². The topological polar surface area (TPSA) is 134 Å². The normalized spacial score (nSPS) is 19.8. The lowest BCUT2D eigenvalue weighted by Crippen LogP contribution is -2.71. The van der Waals surface area contributed by atoms with Crippen LogP contribution in [-0.2, 0) is 9.59 Å². The van der Waals surface area contributed by atoms with Gasteiger partial charge in [0.1, 0.15) is 27.9 Å². The first-order chi connectivity index (χ1) is 15.4. The molecule has 0 bridgehead atoms. The number of fused-ring (bicyclic) bond motifs is 1. The molecule has 10 nitrogen and oxygen atoms in total. The standard InChI is InChI=1S/C19H19N5O5S3/c1-9-22-23-19(32-9)31-8-10-7-30-16-13(15(25)24(16)14(10)17(26)27)21-18(28)20-11-3-5-12(29-2)6-4-11/h3-6,13,16H,7-8H2,1-2H3,(H,26,27)(H2,20,21,28)/t13?,16-/m1/s1. The molecule has 0 spiro atoms. The van der Waals surface area contributed by atoms with Gasteiger partial charge >= 0.3 is 12.0 Å². The molecule has 3 amide bonds. The first kappa shape index (κ1) is 22.4. The highest BCUT2D eigenvalue weighted by Gasteiger charge is 2.54. The highest BCUT2D eigenvalue weighted by atomic mass is 32.2. The van der Waals surface area contributed by atoms with E-state index in [4.69, 9.17) is 4.74 Å². The van der Waals surface area contributed by atoms with Crippen molar-refractivity contribution in [1.82, 2.24) is 20.4 Å². The SMILES string of the molecule is COc1ccc(NC(=O)NC2C(=O)N3C(C(=O)O)=C(CSc4nnc(C)s4)CS[C@H]23)cc1. The van der Waals surface area contributed by atoms with E-state index in [1.807, 2.05) is 6.92 Å². The van der Waals surface area contributed by atoms with Crippen LogP contribution in [0.25, 0.3) is 0 Å². The number of aromatic nitrogens is 2. The Bertz CT molecular complexity index is 1090. The Morgan fingerprint density at radius 2 is 2.06 bits per heavy atom. The molecule has 1 unspecified atom stereocenters. The summed E-state index contributed by atoms with van der Waals surface area (Å²) in [5.41, 5.74) is 1.17. The van der Waals surface area contributed by atoms with Crippen LogP contribution in [0.15, 0.2) is 39.9 Å². The first-order valence-corrected chi connectivity index (χ1v) is 12.3. The van der Waals surface area contributed by atoms with Gasteiger partial charge in [0.25, 0.3) is 5.91 Å². The minimum atomic E-state index is -1.16.